The second-order valence-corrected chi connectivity index (χ2v) is 3.57. The minimum absolute atomic E-state index is 0.103. The Hall–Kier alpha value is -1.75. The molecule has 0 aliphatic rings. The first-order chi connectivity index (χ1) is 7.61. The van der Waals surface area contributed by atoms with Crippen molar-refractivity contribution in [3.05, 3.63) is 47.3 Å². The van der Waals surface area contributed by atoms with Gasteiger partial charge in [-0.15, -0.1) is 0 Å². The summed E-state index contributed by atoms with van der Waals surface area (Å²) in [7, 11) is 0. The number of benzene rings is 1. The monoisotopic (exact) mass is 223 g/mol. The third kappa shape index (κ3) is 1.81. The molecule has 0 aliphatic heterocycles. The van der Waals surface area contributed by atoms with Crippen molar-refractivity contribution in [2.24, 2.45) is 5.73 Å². The van der Waals surface area contributed by atoms with E-state index in [1.807, 2.05) is 0 Å². The van der Waals surface area contributed by atoms with Crippen LogP contribution in [-0.2, 0) is 6.54 Å². The van der Waals surface area contributed by atoms with Crippen LogP contribution in [0.4, 0.5) is 8.78 Å². The lowest BCUT2D eigenvalue weighted by molar-refractivity contribution is 0.557. The maximum atomic E-state index is 13.6. The number of nitrogens with zero attached hydrogens (tertiary/aromatic N) is 2. The summed E-state index contributed by atoms with van der Waals surface area (Å²) < 4.78 is 28.5. The van der Waals surface area contributed by atoms with Crippen LogP contribution in [0, 0.1) is 18.6 Å². The smallest absolute Gasteiger partial charge is 0.152 e. The molecule has 0 fully saturated rings. The summed E-state index contributed by atoms with van der Waals surface area (Å²) in [5.41, 5.74) is 6.40. The molecule has 2 aromatic rings. The Bertz CT molecular complexity index is 497. The third-order valence-corrected chi connectivity index (χ3v) is 2.25. The zero-order valence-electron chi connectivity index (χ0n) is 8.74. The number of nitrogens with two attached hydrogens (primary N) is 1. The molecule has 0 atom stereocenters. The Morgan fingerprint density at radius 2 is 1.94 bits per heavy atom. The number of aromatic nitrogens is 2. The van der Waals surface area contributed by atoms with Crippen LogP contribution in [0.5, 0.6) is 0 Å². The van der Waals surface area contributed by atoms with Crippen LogP contribution in [0.25, 0.3) is 5.69 Å². The number of hydrogen-bond donors (Lipinski definition) is 1. The van der Waals surface area contributed by atoms with Crippen molar-refractivity contribution >= 4 is 0 Å². The van der Waals surface area contributed by atoms with Crippen LogP contribution in [0.15, 0.2) is 24.5 Å². The third-order valence-electron chi connectivity index (χ3n) is 2.25. The molecule has 1 aromatic carbocycles. The molecule has 5 heteroatoms. The van der Waals surface area contributed by atoms with Gasteiger partial charge in [-0.2, -0.15) is 5.10 Å². The van der Waals surface area contributed by atoms with Gasteiger partial charge in [0.2, 0.25) is 0 Å². The maximum absolute atomic E-state index is 13.6. The van der Waals surface area contributed by atoms with Crippen molar-refractivity contribution in [1.29, 1.82) is 0 Å². The molecule has 2 rings (SSSR count). The van der Waals surface area contributed by atoms with Crippen molar-refractivity contribution in [2.45, 2.75) is 13.5 Å². The Morgan fingerprint density at radius 1 is 1.31 bits per heavy atom. The molecule has 16 heavy (non-hydrogen) atoms. The Kier molecular flexibility index (Phi) is 2.70. The van der Waals surface area contributed by atoms with Gasteiger partial charge >= 0.3 is 0 Å². The molecular weight excluding hydrogens is 212 g/mol. The highest BCUT2D eigenvalue weighted by atomic mass is 19.1. The Balaban J connectivity index is 2.57. The lowest BCUT2D eigenvalue weighted by atomic mass is 10.2. The van der Waals surface area contributed by atoms with Gasteiger partial charge in [-0.1, -0.05) is 0 Å². The molecule has 0 spiro atoms. The summed E-state index contributed by atoms with van der Waals surface area (Å²) in [6, 6.07) is 2.44. The molecule has 0 saturated carbocycles. The quantitative estimate of drug-likeness (QED) is 0.845. The summed E-state index contributed by atoms with van der Waals surface area (Å²) in [6.45, 7) is 1.90. The summed E-state index contributed by atoms with van der Waals surface area (Å²) in [5, 5.41) is 3.87. The molecule has 0 radical (unpaired) electrons. The van der Waals surface area contributed by atoms with Crippen LogP contribution in [-0.4, -0.2) is 9.78 Å². The van der Waals surface area contributed by atoms with Crippen LogP contribution in [0.1, 0.15) is 11.1 Å². The first-order valence-electron chi connectivity index (χ1n) is 4.81. The standard InChI is InChI=1S/C11H11F2N3/c1-7-5-15-16(6-7)11-9(12)2-8(4-14)3-10(11)13/h2-3,5-6H,4,14H2,1H3. The van der Waals surface area contributed by atoms with E-state index < -0.39 is 11.6 Å². The van der Waals surface area contributed by atoms with Crippen molar-refractivity contribution in [1.82, 2.24) is 9.78 Å². The van der Waals surface area contributed by atoms with Crippen LogP contribution >= 0.6 is 0 Å². The highest BCUT2D eigenvalue weighted by Gasteiger charge is 2.13. The summed E-state index contributed by atoms with van der Waals surface area (Å²) in [5.74, 6) is -1.33. The fraction of sp³-hybridized carbons (Fsp3) is 0.182. The van der Waals surface area contributed by atoms with Gasteiger partial charge in [-0.05, 0) is 30.2 Å². The fourth-order valence-corrected chi connectivity index (χ4v) is 1.49. The zero-order valence-corrected chi connectivity index (χ0v) is 8.74. The van der Waals surface area contributed by atoms with Crippen molar-refractivity contribution < 1.29 is 8.78 Å². The maximum Gasteiger partial charge on any atom is 0.152 e. The highest BCUT2D eigenvalue weighted by Crippen LogP contribution is 2.19. The average molecular weight is 223 g/mol. The van der Waals surface area contributed by atoms with E-state index >= 15 is 0 Å². The average Bonchev–Trinajstić information content (AvgIpc) is 2.63. The van der Waals surface area contributed by atoms with Crippen molar-refractivity contribution in [3.8, 4) is 5.69 Å². The number of hydrogen-bond acceptors (Lipinski definition) is 2. The first-order valence-corrected chi connectivity index (χ1v) is 4.81. The normalized spacial score (nSPS) is 10.8. The molecule has 1 aromatic heterocycles. The van der Waals surface area contributed by atoms with Crippen LogP contribution < -0.4 is 5.73 Å². The minimum Gasteiger partial charge on any atom is -0.326 e. The first kappa shape index (κ1) is 10.8. The van der Waals surface area contributed by atoms with E-state index in [0.29, 0.717) is 5.56 Å². The van der Waals surface area contributed by atoms with E-state index in [-0.39, 0.29) is 12.2 Å². The van der Waals surface area contributed by atoms with E-state index in [9.17, 15) is 8.78 Å². The molecule has 1 heterocycles. The number of rotatable bonds is 2. The van der Waals surface area contributed by atoms with E-state index in [0.717, 1.165) is 5.56 Å². The SMILES string of the molecule is Cc1cnn(-c2c(F)cc(CN)cc2F)c1. The summed E-state index contributed by atoms with van der Waals surface area (Å²) in [4.78, 5) is 0. The molecule has 0 amide bonds. The summed E-state index contributed by atoms with van der Waals surface area (Å²) >= 11 is 0. The highest BCUT2D eigenvalue weighted by molar-refractivity contribution is 5.38. The molecule has 84 valence electrons. The molecular formula is C11H11F2N3. The van der Waals surface area contributed by atoms with Gasteiger partial charge in [0.15, 0.2) is 11.6 Å². The molecule has 0 unspecified atom stereocenters. The van der Waals surface area contributed by atoms with Gasteiger partial charge < -0.3 is 5.73 Å². The zero-order chi connectivity index (χ0) is 11.7. The van der Waals surface area contributed by atoms with Gasteiger partial charge in [-0.3, -0.25) is 0 Å². The lowest BCUT2D eigenvalue weighted by Crippen LogP contribution is -2.05. The minimum atomic E-state index is -0.663. The topological polar surface area (TPSA) is 43.8 Å². The van der Waals surface area contributed by atoms with E-state index in [4.69, 9.17) is 5.73 Å². The fourth-order valence-electron chi connectivity index (χ4n) is 1.49. The predicted octanol–water partition coefficient (Wildman–Crippen LogP) is 1.92. The van der Waals surface area contributed by atoms with Gasteiger partial charge in [-0.25, -0.2) is 13.5 Å². The number of halogens is 2. The Labute approximate surface area is 91.5 Å². The van der Waals surface area contributed by atoms with Crippen molar-refractivity contribution in [3.63, 3.8) is 0 Å². The molecule has 3 nitrogen and oxygen atoms in total. The molecule has 0 bridgehead atoms. The molecule has 0 aliphatic carbocycles. The summed E-state index contributed by atoms with van der Waals surface area (Å²) in [6.07, 6.45) is 3.10. The van der Waals surface area contributed by atoms with Gasteiger partial charge in [0, 0.05) is 12.7 Å². The second-order valence-electron chi connectivity index (χ2n) is 3.57. The largest absolute Gasteiger partial charge is 0.326 e. The van der Waals surface area contributed by atoms with Crippen LogP contribution in [0.2, 0.25) is 0 Å². The van der Waals surface area contributed by atoms with Gasteiger partial charge in [0.25, 0.3) is 0 Å². The lowest BCUT2D eigenvalue weighted by Gasteiger charge is -2.06. The van der Waals surface area contributed by atoms with E-state index in [1.165, 1.54) is 23.0 Å². The van der Waals surface area contributed by atoms with Crippen molar-refractivity contribution in [2.75, 3.05) is 0 Å². The van der Waals surface area contributed by atoms with Crippen LogP contribution in [0.3, 0.4) is 0 Å². The van der Waals surface area contributed by atoms with E-state index in [2.05, 4.69) is 5.10 Å². The Morgan fingerprint density at radius 3 is 2.38 bits per heavy atom. The molecule has 2 N–H and O–H groups in total. The van der Waals surface area contributed by atoms with Gasteiger partial charge in [0.05, 0.1) is 6.20 Å². The second kappa shape index (κ2) is 4.02. The number of aryl methyl sites for hydroxylation is 1. The predicted molar refractivity (Wildman–Crippen MR) is 56.1 cm³/mol. The van der Waals surface area contributed by atoms with Gasteiger partial charge in [0.1, 0.15) is 5.69 Å². The van der Waals surface area contributed by atoms with E-state index in [1.54, 1.807) is 13.1 Å². The molecule has 0 saturated heterocycles.